The van der Waals surface area contributed by atoms with Gasteiger partial charge in [-0.05, 0) is 38.2 Å². The second-order valence-corrected chi connectivity index (χ2v) is 6.28. The SMILES string of the molecule is C=C(C)C(=O)OCC(=O)C(=O)OC1C=C(C)CC(C)(C)C1. The summed E-state index contributed by atoms with van der Waals surface area (Å²) in [7, 11) is 0. The minimum atomic E-state index is -0.976. The zero-order chi connectivity index (χ0) is 16.2. The quantitative estimate of drug-likeness (QED) is 0.337. The predicted octanol–water partition coefficient (Wildman–Crippen LogP) is 2.35. The fourth-order valence-corrected chi connectivity index (χ4v) is 2.40. The van der Waals surface area contributed by atoms with Gasteiger partial charge in [0.1, 0.15) is 6.10 Å². The zero-order valence-corrected chi connectivity index (χ0v) is 13.0. The van der Waals surface area contributed by atoms with E-state index in [1.54, 1.807) is 0 Å². The number of rotatable bonds is 5. The van der Waals surface area contributed by atoms with Crippen LogP contribution in [0.25, 0.3) is 0 Å². The van der Waals surface area contributed by atoms with Crippen LogP contribution in [0.3, 0.4) is 0 Å². The highest BCUT2D eigenvalue weighted by atomic mass is 16.6. The maximum absolute atomic E-state index is 11.7. The molecule has 0 aromatic carbocycles. The van der Waals surface area contributed by atoms with Crippen LogP contribution in [0.2, 0.25) is 0 Å². The van der Waals surface area contributed by atoms with Gasteiger partial charge in [-0.2, -0.15) is 0 Å². The first-order valence-corrected chi connectivity index (χ1v) is 6.84. The Morgan fingerprint density at radius 1 is 1.33 bits per heavy atom. The molecular formula is C16H22O5. The van der Waals surface area contributed by atoms with Crippen molar-refractivity contribution >= 4 is 17.7 Å². The van der Waals surface area contributed by atoms with Crippen molar-refractivity contribution in [1.29, 1.82) is 0 Å². The number of carbonyl (C=O) groups is 3. The Balaban J connectivity index is 2.53. The fraction of sp³-hybridized carbons (Fsp3) is 0.562. The second kappa shape index (κ2) is 6.70. The van der Waals surface area contributed by atoms with Crippen molar-refractivity contribution in [3.05, 3.63) is 23.8 Å². The molecular weight excluding hydrogens is 272 g/mol. The van der Waals surface area contributed by atoms with Gasteiger partial charge in [0.2, 0.25) is 0 Å². The van der Waals surface area contributed by atoms with E-state index in [9.17, 15) is 14.4 Å². The maximum atomic E-state index is 11.7. The Labute approximate surface area is 125 Å². The summed E-state index contributed by atoms with van der Waals surface area (Å²) >= 11 is 0. The maximum Gasteiger partial charge on any atom is 0.378 e. The van der Waals surface area contributed by atoms with Gasteiger partial charge in [-0.25, -0.2) is 9.59 Å². The predicted molar refractivity (Wildman–Crippen MR) is 77.4 cm³/mol. The first-order valence-electron chi connectivity index (χ1n) is 6.84. The molecule has 0 aliphatic heterocycles. The van der Waals surface area contributed by atoms with Crippen LogP contribution in [0.4, 0.5) is 0 Å². The number of ketones is 1. The molecule has 21 heavy (non-hydrogen) atoms. The molecule has 0 saturated carbocycles. The molecule has 0 aromatic rings. The topological polar surface area (TPSA) is 69.7 Å². The van der Waals surface area contributed by atoms with Crippen molar-refractivity contribution in [1.82, 2.24) is 0 Å². The molecule has 0 aromatic heterocycles. The van der Waals surface area contributed by atoms with Crippen molar-refractivity contribution in [2.24, 2.45) is 5.41 Å². The largest absolute Gasteiger partial charge is 0.454 e. The second-order valence-electron chi connectivity index (χ2n) is 6.28. The van der Waals surface area contributed by atoms with E-state index in [0.29, 0.717) is 6.42 Å². The molecule has 1 unspecified atom stereocenters. The van der Waals surface area contributed by atoms with E-state index in [1.807, 2.05) is 13.0 Å². The number of carbonyl (C=O) groups excluding carboxylic acids is 3. The normalized spacial score (nSPS) is 20.2. The third-order valence-corrected chi connectivity index (χ3v) is 3.15. The molecule has 1 aliphatic carbocycles. The Morgan fingerprint density at radius 3 is 2.48 bits per heavy atom. The Bertz CT molecular complexity index is 499. The number of ether oxygens (including phenoxy) is 2. The zero-order valence-electron chi connectivity index (χ0n) is 13.0. The summed E-state index contributed by atoms with van der Waals surface area (Å²) in [6.45, 7) is 10.4. The van der Waals surface area contributed by atoms with Gasteiger partial charge in [0.05, 0.1) is 0 Å². The molecule has 1 aliphatic rings. The number of hydrogen-bond acceptors (Lipinski definition) is 5. The van der Waals surface area contributed by atoms with Crippen LogP contribution < -0.4 is 0 Å². The van der Waals surface area contributed by atoms with E-state index in [1.165, 1.54) is 6.92 Å². The lowest BCUT2D eigenvalue weighted by molar-refractivity contribution is -0.160. The average Bonchev–Trinajstić information content (AvgIpc) is 2.32. The summed E-state index contributed by atoms with van der Waals surface area (Å²) < 4.78 is 9.81. The van der Waals surface area contributed by atoms with Crippen molar-refractivity contribution in [2.45, 2.75) is 46.6 Å². The third-order valence-electron chi connectivity index (χ3n) is 3.15. The molecule has 5 nitrogen and oxygen atoms in total. The minimum Gasteiger partial charge on any atom is -0.454 e. The molecule has 0 heterocycles. The monoisotopic (exact) mass is 294 g/mol. The standard InChI is InChI=1S/C16H22O5/c1-10(2)14(18)20-9-13(17)15(19)21-12-6-11(3)7-16(4,5)8-12/h6,12H,1,7-9H2,2-5H3. The smallest absolute Gasteiger partial charge is 0.378 e. The molecule has 0 radical (unpaired) electrons. The summed E-state index contributed by atoms with van der Waals surface area (Å²) in [5, 5.41) is 0. The number of esters is 2. The lowest BCUT2D eigenvalue weighted by atomic mass is 9.76. The van der Waals surface area contributed by atoms with Crippen LogP contribution in [0.15, 0.2) is 23.8 Å². The molecule has 116 valence electrons. The van der Waals surface area contributed by atoms with Crippen LogP contribution in [-0.2, 0) is 23.9 Å². The summed E-state index contributed by atoms with van der Waals surface area (Å²) in [5.41, 5.74) is 1.33. The van der Waals surface area contributed by atoms with Crippen LogP contribution in [0, 0.1) is 5.41 Å². The third kappa shape index (κ3) is 5.53. The van der Waals surface area contributed by atoms with Crippen LogP contribution in [0.1, 0.15) is 40.5 Å². The van der Waals surface area contributed by atoms with Gasteiger partial charge in [-0.1, -0.05) is 26.0 Å². The number of hydrogen-bond donors (Lipinski definition) is 0. The average molecular weight is 294 g/mol. The van der Waals surface area contributed by atoms with Gasteiger partial charge in [0.25, 0.3) is 5.78 Å². The molecule has 0 amide bonds. The summed E-state index contributed by atoms with van der Waals surface area (Å²) in [5.74, 6) is -2.55. The van der Waals surface area contributed by atoms with E-state index < -0.39 is 30.4 Å². The van der Waals surface area contributed by atoms with Gasteiger partial charge in [0.15, 0.2) is 6.61 Å². The highest BCUT2D eigenvalue weighted by molar-refractivity contribution is 6.34. The Hall–Kier alpha value is -1.91. The van der Waals surface area contributed by atoms with E-state index in [-0.39, 0.29) is 11.0 Å². The summed E-state index contributed by atoms with van der Waals surface area (Å²) in [6.07, 6.45) is 3.04. The van der Waals surface area contributed by atoms with Gasteiger partial charge < -0.3 is 9.47 Å². The van der Waals surface area contributed by atoms with E-state index >= 15 is 0 Å². The summed E-state index contributed by atoms with van der Waals surface area (Å²) in [6, 6.07) is 0. The van der Waals surface area contributed by atoms with Gasteiger partial charge in [-0.3, -0.25) is 4.79 Å². The van der Waals surface area contributed by atoms with Crippen LogP contribution in [0.5, 0.6) is 0 Å². The van der Waals surface area contributed by atoms with E-state index in [2.05, 4.69) is 25.2 Å². The number of Topliss-reactive ketones (excluding diaryl/α,β-unsaturated/α-hetero) is 1. The molecule has 0 N–H and O–H groups in total. The highest BCUT2D eigenvalue weighted by Gasteiger charge is 2.30. The van der Waals surface area contributed by atoms with Gasteiger partial charge in [0, 0.05) is 5.57 Å². The molecule has 0 fully saturated rings. The van der Waals surface area contributed by atoms with Crippen molar-refractivity contribution in [2.75, 3.05) is 6.61 Å². The minimum absolute atomic E-state index is 0.0270. The Kier molecular flexibility index (Phi) is 5.47. The van der Waals surface area contributed by atoms with Crippen molar-refractivity contribution in [3.8, 4) is 0 Å². The van der Waals surface area contributed by atoms with Crippen LogP contribution in [-0.4, -0.2) is 30.4 Å². The molecule has 0 saturated heterocycles. The molecule has 1 rings (SSSR count). The lowest BCUT2D eigenvalue weighted by Gasteiger charge is -2.33. The highest BCUT2D eigenvalue weighted by Crippen LogP contribution is 2.36. The molecule has 5 heteroatoms. The van der Waals surface area contributed by atoms with E-state index in [4.69, 9.17) is 4.74 Å². The van der Waals surface area contributed by atoms with Gasteiger partial charge in [-0.15, -0.1) is 0 Å². The molecule has 0 spiro atoms. The number of allylic oxidation sites excluding steroid dienone is 1. The summed E-state index contributed by atoms with van der Waals surface area (Å²) in [4.78, 5) is 34.4. The lowest BCUT2D eigenvalue weighted by Crippen LogP contribution is -2.32. The first kappa shape index (κ1) is 17.1. The molecule has 0 bridgehead atoms. The fourth-order valence-electron chi connectivity index (χ4n) is 2.40. The van der Waals surface area contributed by atoms with Crippen molar-refractivity contribution < 1.29 is 23.9 Å². The van der Waals surface area contributed by atoms with Crippen LogP contribution >= 0.6 is 0 Å². The van der Waals surface area contributed by atoms with E-state index in [0.717, 1.165) is 12.0 Å². The Morgan fingerprint density at radius 2 is 1.95 bits per heavy atom. The van der Waals surface area contributed by atoms with Crippen molar-refractivity contribution in [3.63, 3.8) is 0 Å². The van der Waals surface area contributed by atoms with Gasteiger partial charge >= 0.3 is 11.9 Å². The first-order chi connectivity index (χ1) is 9.60. The molecule has 1 atom stereocenters.